The Kier molecular flexibility index (Phi) is 8.17. The van der Waals surface area contributed by atoms with Gasteiger partial charge in [0.2, 0.25) is 0 Å². The van der Waals surface area contributed by atoms with Crippen molar-refractivity contribution in [3.05, 3.63) is 0 Å². The van der Waals surface area contributed by atoms with E-state index < -0.39 is 53.7 Å². The lowest BCUT2D eigenvalue weighted by molar-refractivity contribution is -0.237. The minimum Gasteiger partial charge on any atom is -0.463 e. The van der Waals surface area contributed by atoms with Gasteiger partial charge in [-0.1, -0.05) is 0 Å². The highest BCUT2D eigenvalue weighted by Crippen LogP contribution is 2.33. The van der Waals surface area contributed by atoms with Crippen LogP contribution < -0.4 is 0 Å². The molecule has 9 nitrogen and oxygen atoms in total. The van der Waals surface area contributed by atoms with E-state index in [-0.39, 0.29) is 6.61 Å². The Bertz CT molecular complexity index is 521. The number of hydrogen-bond donors (Lipinski definition) is 0. The lowest BCUT2D eigenvalue weighted by Crippen LogP contribution is -2.61. The number of carbonyl (C=O) groups is 4. The first-order valence-electron chi connectivity index (χ1n) is 7.49. The molecule has 0 amide bonds. The van der Waals surface area contributed by atoms with E-state index in [2.05, 4.69) is 0 Å². The molecular weight excluding hydrogens is 356 g/mol. The molecule has 1 saturated heterocycles. The van der Waals surface area contributed by atoms with Gasteiger partial charge >= 0.3 is 23.9 Å². The first-order chi connectivity index (χ1) is 11.6. The minimum atomic E-state index is -1.10. The SMILES string of the molecule is CSC1O[C@H](COC(C)=O)[C@@H](OC(C)=O)[C@H](OC(C)=O)[C@@H]1OC(C)=O. The molecule has 0 N–H and O–H groups in total. The number of carbonyl (C=O) groups excluding carboxylic acids is 4. The monoisotopic (exact) mass is 378 g/mol. The molecule has 0 spiro atoms. The fourth-order valence-corrected chi connectivity index (χ4v) is 3.11. The maximum atomic E-state index is 11.5. The zero-order chi connectivity index (χ0) is 19.1. The summed E-state index contributed by atoms with van der Waals surface area (Å²) in [6.07, 6.45) is -2.37. The van der Waals surface area contributed by atoms with Crippen LogP contribution in [0.4, 0.5) is 0 Å². The van der Waals surface area contributed by atoms with Crippen LogP contribution in [0.3, 0.4) is 0 Å². The van der Waals surface area contributed by atoms with E-state index in [1.165, 1.54) is 39.5 Å². The van der Waals surface area contributed by atoms with Crippen molar-refractivity contribution in [2.45, 2.75) is 57.5 Å². The van der Waals surface area contributed by atoms with Crippen LogP contribution in [0.1, 0.15) is 27.7 Å². The molecule has 0 aromatic heterocycles. The molecule has 0 aliphatic carbocycles. The van der Waals surface area contributed by atoms with E-state index in [4.69, 9.17) is 23.7 Å². The zero-order valence-electron chi connectivity index (χ0n) is 14.7. The summed E-state index contributed by atoms with van der Waals surface area (Å²) < 4.78 is 26.4. The maximum absolute atomic E-state index is 11.5. The van der Waals surface area contributed by atoms with Gasteiger partial charge in [-0.15, -0.1) is 11.8 Å². The smallest absolute Gasteiger partial charge is 0.303 e. The van der Waals surface area contributed by atoms with Gasteiger partial charge in [0.05, 0.1) is 0 Å². The number of ether oxygens (including phenoxy) is 5. The van der Waals surface area contributed by atoms with Crippen LogP contribution >= 0.6 is 11.8 Å². The van der Waals surface area contributed by atoms with Gasteiger partial charge in [0.15, 0.2) is 18.3 Å². The highest BCUT2D eigenvalue weighted by Gasteiger charge is 2.51. The first kappa shape index (κ1) is 21.2. The second-order valence-corrected chi connectivity index (χ2v) is 6.24. The highest BCUT2D eigenvalue weighted by molar-refractivity contribution is 7.99. The quantitative estimate of drug-likeness (QED) is 0.476. The van der Waals surface area contributed by atoms with Crippen LogP contribution in [0.25, 0.3) is 0 Å². The fourth-order valence-electron chi connectivity index (χ4n) is 2.38. The Morgan fingerprint density at radius 3 is 1.72 bits per heavy atom. The van der Waals surface area contributed by atoms with Gasteiger partial charge < -0.3 is 23.7 Å². The summed E-state index contributed by atoms with van der Waals surface area (Å²) in [7, 11) is 0. The zero-order valence-corrected chi connectivity index (χ0v) is 15.5. The van der Waals surface area contributed by atoms with Crippen LogP contribution in [0.5, 0.6) is 0 Å². The van der Waals surface area contributed by atoms with Crippen molar-refractivity contribution in [3.8, 4) is 0 Å². The van der Waals surface area contributed by atoms with Crippen LogP contribution in [0.2, 0.25) is 0 Å². The van der Waals surface area contributed by atoms with E-state index in [1.807, 2.05) is 0 Å². The molecule has 0 radical (unpaired) electrons. The van der Waals surface area contributed by atoms with Crippen molar-refractivity contribution < 1.29 is 42.9 Å². The first-order valence-corrected chi connectivity index (χ1v) is 8.77. The number of esters is 4. The molecule has 1 rings (SSSR count). The van der Waals surface area contributed by atoms with Crippen molar-refractivity contribution in [3.63, 3.8) is 0 Å². The third kappa shape index (κ3) is 6.54. The van der Waals surface area contributed by atoms with Crippen LogP contribution in [-0.2, 0) is 42.9 Å². The summed E-state index contributed by atoms with van der Waals surface area (Å²) in [6, 6.07) is 0. The Balaban J connectivity index is 3.18. The largest absolute Gasteiger partial charge is 0.463 e. The predicted molar refractivity (Wildman–Crippen MR) is 85.5 cm³/mol. The molecule has 5 atom stereocenters. The van der Waals surface area contributed by atoms with Crippen LogP contribution in [-0.4, -0.2) is 66.6 Å². The van der Waals surface area contributed by atoms with Gasteiger partial charge in [-0.25, -0.2) is 0 Å². The van der Waals surface area contributed by atoms with E-state index in [0.29, 0.717) is 0 Å². The topological polar surface area (TPSA) is 114 Å². The molecule has 25 heavy (non-hydrogen) atoms. The summed E-state index contributed by atoms with van der Waals surface area (Å²) in [4.78, 5) is 45.5. The summed E-state index contributed by atoms with van der Waals surface area (Å²) in [5.74, 6) is -2.45. The molecule has 1 unspecified atom stereocenters. The molecule has 1 fully saturated rings. The van der Waals surface area contributed by atoms with Crippen LogP contribution in [0, 0.1) is 0 Å². The Morgan fingerprint density at radius 2 is 1.28 bits per heavy atom. The Hall–Kier alpha value is -1.81. The maximum Gasteiger partial charge on any atom is 0.303 e. The van der Waals surface area contributed by atoms with E-state index in [0.717, 1.165) is 0 Å². The normalized spacial score (nSPS) is 28.6. The second-order valence-electron chi connectivity index (χ2n) is 5.30. The highest BCUT2D eigenvalue weighted by atomic mass is 32.2. The van der Waals surface area contributed by atoms with Crippen molar-refractivity contribution in [1.29, 1.82) is 0 Å². The van der Waals surface area contributed by atoms with Crippen molar-refractivity contribution >= 4 is 35.6 Å². The van der Waals surface area contributed by atoms with Crippen molar-refractivity contribution in [2.75, 3.05) is 12.9 Å². The van der Waals surface area contributed by atoms with E-state index >= 15 is 0 Å². The molecular formula is C15H22O9S. The van der Waals surface area contributed by atoms with E-state index in [1.54, 1.807) is 6.26 Å². The lowest BCUT2D eigenvalue weighted by Gasteiger charge is -2.43. The number of thioether (sulfide) groups is 1. The summed E-state index contributed by atoms with van der Waals surface area (Å²) >= 11 is 1.21. The van der Waals surface area contributed by atoms with Gasteiger partial charge in [0.1, 0.15) is 18.1 Å². The number of rotatable bonds is 6. The average molecular weight is 378 g/mol. The summed E-state index contributed by atoms with van der Waals surface area (Å²) in [5, 5.41) is 0. The third-order valence-electron chi connectivity index (χ3n) is 3.18. The molecule has 142 valence electrons. The minimum absolute atomic E-state index is 0.213. The molecule has 10 heteroatoms. The van der Waals surface area contributed by atoms with Gasteiger partial charge in [-0.3, -0.25) is 19.2 Å². The lowest BCUT2D eigenvalue weighted by atomic mass is 9.99. The summed E-state index contributed by atoms with van der Waals surface area (Å²) in [6.45, 7) is 4.57. The second kappa shape index (κ2) is 9.62. The molecule has 0 bridgehead atoms. The Labute approximate surface area is 149 Å². The average Bonchev–Trinajstić information content (AvgIpc) is 2.48. The van der Waals surface area contributed by atoms with Crippen molar-refractivity contribution in [1.82, 2.24) is 0 Å². The standard InChI is InChI=1S/C15H22O9S/c1-7(16)20-6-11-12(21-8(2)17)13(22-9(3)18)14(23-10(4)19)15(24-11)25-5/h11-15H,6H2,1-5H3/t11-,12-,13+,14+,15?/m1/s1. The third-order valence-corrected chi connectivity index (χ3v) is 4.02. The van der Waals surface area contributed by atoms with Gasteiger partial charge in [-0.2, -0.15) is 0 Å². The predicted octanol–water partition coefficient (Wildman–Crippen LogP) is 0.432. The molecule has 1 aliphatic rings. The molecule has 0 aromatic rings. The van der Waals surface area contributed by atoms with Gasteiger partial charge in [0.25, 0.3) is 0 Å². The molecule has 0 aromatic carbocycles. The number of hydrogen-bond acceptors (Lipinski definition) is 10. The summed E-state index contributed by atoms with van der Waals surface area (Å²) in [5.41, 5.74) is -0.708. The van der Waals surface area contributed by atoms with Gasteiger partial charge in [-0.05, 0) is 6.26 Å². The molecule has 0 saturated carbocycles. The molecule has 1 heterocycles. The molecule has 1 aliphatic heterocycles. The Morgan fingerprint density at radius 1 is 0.800 bits per heavy atom. The van der Waals surface area contributed by atoms with Crippen molar-refractivity contribution in [2.24, 2.45) is 0 Å². The van der Waals surface area contributed by atoms with Gasteiger partial charge in [0, 0.05) is 27.7 Å². The van der Waals surface area contributed by atoms with E-state index in [9.17, 15) is 19.2 Å². The van der Waals surface area contributed by atoms with Crippen LogP contribution in [0.15, 0.2) is 0 Å². The fraction of sp³-hybridized carbons (Fsp3) is 0.733.